The Balaban J connectivity index is 2.27. The van der Waals surface area contributed by atoms with Crippen LogP contribution in [0.3, 0.4) is 0 Å². The van der Waals surface area contributed by atoms with E-state index in [4.69, 9.17) is 10.8 Å². The van der Waals surface area contributed by atoms with Crippen molar-refractivity contribution in [3.8, 4) is 0 Å². The van der Waals surface area contributed by atoms with Gasteiger partial charge in [-0.2, -0.15) is 11.8 Å². The molecule has 0 aliphatic carbocycles. The smallest absolute Gasteiger partial charge is 0.321 e. The van der Waals surface area contributed by atoms with Gasteiger partial charge in [0.1, 0.15) is 6.04 Å². The molecule has 3 N–H and O–H groups in total. The summed E-state index contributed by atoms with van der Waals surface area (Å²) in [5.41, 5.74) is 7.91. The summed E-state index contributed by atoms with van der Waals surface area (Å²) in [5, 5.41) is 8.64. The molecule has 0 fully saturated rings. The average molecular weight is 265 g/mol. The quantitative estimate of drug-likeness (QED) is 0.744. The Morgan fingerprint density at radius 2 is 2.11 bits per heavy atom. The van der Waals surface area contributed by atoms with Crippen molar-refractivity contribution in [3.05, 3.63) is 41.5 Å². The second-order valence-corrected chi connectivity index (χ2v) is 5.32. The summed E-state index contributed by atoms with van der Waals surface area (Å²) in [4.78, 5) is 10.5. The average Bonchev–Trinajstić information content (AvgIpc) is 2.35. The predicted octanol–water partition coefficient (Wildman–Crippen LogP) is 2.63. The van der Waals surface area contributed by atoms with Crippen LogP contribution in [0.4, 0.5) is 0 Å². The number of carbonyl (C=O) groups is 1. The number of thioether (sulfide) groups is 1. The topological polar surface area (TPSA) is 63.3 Å². The van der Waals surface area contributed by atoms with Gasteiger partial charge in [0.05, 0.1) is 0 Å². The van der Waals surface area contributed by atoms with E-state index in [0.717, 1.165) is 12.2 Å². The molecule has 0 unspecified atom stereocenters. The summed E-state index contributed by atoms with van der Waals surface area (Å²) in [5.74, 6) is 0.434. The minimum Gasteiger partial charge on any atom is -0.480 e. The highest BCUT2D eigenvalue weighted by Crippen LogP contribution is 2.13. The third-order valence-corrected chi connectivity index (χ3v) is 3.56. The molecule has 1 aromatic carbocycles. The molecular formula is C14H19NO2S. The van der Waals surface area contributed by atoms with Gasteiger partial charge in [-0.3, -0.25) is 4.79 Å². The zero-order valence-corrected chi connectivity index (χ0v) is 11.3. The molecule has 0 aliphatic heterocycles. The maximum atomic E-state index is 10.5. The standard InChI is InChI=1S/C14H19NO2S/c1-11(9-12-5-3-2-4-6-12)7-8-18-10-13(15)14(16)17/h2-6,9,13H,7-8,10,15H2,1H3,(H,16,17)/t13-/m0/s1. The fourth-order valence-electron chi connectivity index (χ4n) is 1.42. The van der Waals surface area contributed by atoms with Crippen LogP contribution >= 0.6 is 11.8 Å². The Hall–Kier alpha value is -1.26. The highest BCUT2D eigenvalue weighted by molar-refractivity contribution is 7.99. The summed E-state index contributed by atoms with van der Waals surface area (Å²) in [6, 6.07) is 9.40. The second kappa shape index (κ2) is 7.95. The van der Waals surface area contributed by atoms with Crippen molar-refractivity contribution in [1.29, 1.82) is 0 Å². The summed E-state index contributed by atoms with van der Waals surface area (Å²) < 4.78 is 0. The van der Waals surface area contributed by atoms with Gasteiger partial charge >= 0.3 is 5.97 Å². The molecule has 4 heteroatoms. The zero-order chi connectivity index (χ0) is 13.4. The van der Waals surface area contributed by atoms with E-state index in [0.29, 0.717) is 5.75 Å². The molecular weight excluding hydrogens is 246 g/mol. The number of nitrogens with two attached hydrogens (primary N) is 1. The third-order valence-electron chi connectivity index (χ3n) is 2.47. The maximum Gasteiger partial charge on any atom is 0.321 e. The molecule has 0 aromatic heterocycles. The molecule has 1 rings (SSSR count). The van der Waals surface area contributed by atoms with Crippen molar-refractivity contribution >= 4 is 23.8 Å². The second-order valence-electron chi connectivity index (χ2n) is 4.17. The molecule has 98 valence electrons. The lowest BCUT2D eigenvalue weighted by atomic mass is 10.1. The van der Waals surface area contributed by atoms with Gasteiger partial charge in [-0.05, 0) is 24.7 Å². The molecule has 0 spiro atoms. The first kappa shape index (κ1) is 14.8. The Morgan fingerprint density at radius 3 is 2.72 bits per heavy atom. The van der Waals surface area contributed by atoms with Gasteiger partial charge in [-0.1, -0.05) is 42.0 Å². The number of allylic oxidation sites excluding steroid dienone is 1. The van der Waals surface area contributed by atoms with Crippen LogP contribution in [-0.2, 0) is 4.79 Å². The summed E-state index contributed by atoms with van der Waals surface area (Å²) in [6.07, 6.45) is 3.10. The number of carboxylic acids is 1. The molecule has 0 bridgehead atoms. The van der Waals surface area contributed by atoms with Crippen LogP contribution in [0.2, 0.25) is 0 Å². The molecule has 3 nitrogen and oxygen atoms in total. The fraction of sp³-hybridized carbons (Fsp3) is 0.357. The highest BCUT2D eigenvalue weighted by atomic mass is 32.2. The highest BCUT2D eigenvalue weighted by Gasteiger charge is 2.10. The van der Waals surface area contributed by atoms with Crippen LogP contribution in [0.5, 0.6) is 0 Å². The van der Waals surface area contributed by atoms with Gasteiger partial charge in [0.15, 0.2) is 0 Å². The van der Waals surface area contributed by atoms with E-state index in [1.54, 1.807) is 11.8 Å². The van der Waals surface area contributed by atoms with Crippen molar-refractivity contribution in [2.75, 3.05) is 11.5 Å². The van der Waals surface area contributed by atoms with Gasteiger partial charge in [-0.25, -0.2) is 0 Å². The maximum absolute atomic E-state index is 10.5. The minimum absolute atomic E-state index is 0.466. The molecule has 0 heterocycles. The summed E-state index contributed by atoms with van der Waals surface area (Å²) >= 11 is 1.58. The third kappa shape index (κ3) is 5.89. The Morgan fingerprint density at radius 1 is 1.44 bits per heavy atom. The van der Waals surface area contributed by atoms with E-state index < -0.39 is 12.0 Å². The van der Waals surface area contributed by atoms with Crippen molar-refractivity contribution in [2.24, 2.45) is 5.73 Å². The number of carboxylic acid groups (broad SMARTS) is 1. The van der Waals surface area contributed by atoms with Crippen molar-refractivity contribution in [2.45, 2.75) is 19.4 Å². The first-order valence-corrected chi connectivity index (χ1v) is 7.03. The fourth-order valence-corrected chi connectivity index (χ4v) is 2.45. The normalized spacial score (nSPS) is 13.3. The van der Waals surface area contributed by atoms with E-state index in [1.165, 1.54) is 11.1 Å². The van der Waals surface area contributed by atoms with E-state index in [1.807, 2.05) is 18.2 Å². The van der Waals surface area contributed by atoms with E-state index in [9.17, 15) is 4.79 Å². The lowest BCUT2D eigenvalue weighted by Gasteiger charge is -2.06. The van der Waals surface area contributed by atoms with Crippen molar-refractivity contribution in [1.82, 2.24) is 0 Å². The zero-order valence-electron chi connectivity index (χ0n) is 10.5. The molecule has 1 atom stereocenters. The van der Waals surface area contributed by atoms with Crippen LogP contribution in [0.1, 0.15) is 18.9 Å². The van der Waals surface area contributed by atoms with Gasteiger partial charge in [0, 0.05) is 5.75 Å². The molecule has 0 aliphatic rings. The van der Waals surface area contributed by atoms with Crippen molar-refractivity contribution < 1.29 is 9.90 Å². The first-order chi connectivity index (χ1) is 8.59. The number of hydrogen-bond acceptors (Lipinski definition) is 3. The van der Waals surface area contributed by atoms with E-state index in [2.05, 4.69) is 25.1 Å². The lowest BCUT2D eigenvalue weighted by Crippen LogP contribution is -2.32. The minimum atomic E-state index is -0.931. The number of hydrogen-bond donors (Lipinski definition) is 2. The predicted molar refractivity (Wildman–Crippen MR) is 77.6 cm³/mol. The largest absolute Gasteiger partial charge is 0.480 e. The SMILES string of the molecule is CC(=Cc1ccccc1)CCSC[C@H](N)C(=O)O. The Kier molecular flexibility index (Phi) is 6.54. The Bertz CT molecular complexity index is 404. The van der Waals surface area contributed by atoms with Crippen LogP contribution in [0.15, 0.2) is 35.9 Å². The van der Waals surface area contributed by atoms with Crippen LogP contribution in [-0.4, -0.2) is 28.6 Å². The lowest BCUT2D eigenvalue weighted by molar-refractivity contribution is -0.137. The molecule has 18 heavy (non-hydrogen) atoms. The van der Waals surface area contributed by atoms with Gasteiger partial charge in [0.2, 0.25) is 0 Å². The number of rotatable bonds is 7. The van der Waals surface area contributed by atoms with Gasteiger partial charge in [-0.15, -0.1) is 0 Å². The van der Waals surface area contributed by atoms with Crippen molar-refractivity contribution in [3.63, 3.8) is 0 Å². The van der Waals surface area contributed by atoms with Crippen LogP contribution in [0.25, 0.3) is 6.08 Å². The molecule has 0 radical (unpaired) electrons. The monoisotopic (exact) mass is 265 g/mol. The molecule has 0 amide bonds. The van der Waals surface area contributed by atoms with Crippen LogP contribution < -0.4 is 5.73 Å². The summed E-state index contributed by atoms with van der Waals surface area (Å²) in [7, 11) is 0. The molecule has 0 saturated heterocycles. The first-order valence-electron chi connectivity index (χ1n) is 5.88. The van der Waals surface area contributed by atoms with Gasteiger partial charge in [0.25, 0.3) is 0 Å². The van der Waals surface area contributed by atoms with E-state index >= 15 is 0 Å². The number of aliphatic carboxylic acids is 1. The Labute approximate surface area is 112 Å². The van der Waals surface area contributed by atoms with Gasteiger partial charge < -0.3 is 10.8 Å². The summed E-state index contributed by atoms with van der Waals surface area (Å²) in [6.45, 7) is 2.09. The number of benzene rings is 1. The molecule has 0 saturated carbocycles. The molecule has 1 aromatic rings. The van der Waals surface area contributed by atoms with Crippen LogP contribution in [0, 0.1) is 0 Å². The van der Waals surface area contributed by atoms with E-state index in [-0.39, 0.29) is 0 Å².